The van der Waals surface area contributed by atoms with E-state index in [1.807, 2.05) is 45.9 Å². The van der Waals surface area contributed by atoms with Gasteiger partial charge in [-0.15, -0.1) is 0 Å². The van der Waals surface area contributed by atoms with Crippen molar-refractivity contribution in [3.8, 4) is 0 Å². The molecule has 116 valence electrons. The van der Waals surface area contributed by atoms with Crippen molar-refractivity contribution in [2.75, 3.05) is 11.4 Å². The normalized spacial score (nSPS) is 12.3. The first-order chi connectivity index (χ1) is 9.72. The standard InChI is InChI=1S/C17H25NO3/c1-11(2)8-16(19)18(10-14(5)17(20)21)15-7-6-12(3)13(4)9-15/h6-7,9,11,14H,8,10H2,1-5H3,(H,20,21). The van der Waals surface area contributed by atoms with Crippen LogP contribution in [-0.2, 0) is 9.59 Å². The van der Waals surface area contributed by atoms with Crippen LogP contribution >= 0.6 is 0 Å². The van der Waals surface area contributed by atoms with E-state index in [1.165, 1.54) is 0 Å². The molecule has 0 aliphatic carbocycles. The molecule has 0 aromatic heterocycles. The summed E-state index contributed by atoms with van der Waals surface area (Å²) in [4.78, 5) is 25.1. The molecule has 0 bridgehead atoms. The molecule has 0 spiro atoms. The number of benzene rings is 1. The van der Waals surface area contributed by atoms with E-state index in [2.05, 4.69) is 0 Å². The van der Waals surface area contributed by atoms with Gasteiger partial charge in [0.1, 0.15) is 0 Å². The zero-order valence-corrected chi connectivity index (χ0v) is 13.5. The van der Waals surface area contributed by atoms with Crippen molar-refractivity contribution < 1.29 is 14.7 Å². The largest absolute Gasteiger partial charge is 0.481 e. The van der Waals surface area contributed by atoms with E-state index in [-0.39, 0.29) is 18.4 Å². The van der Waals surface area contributed by atoms with Gasteiger partial charge in [0, 0.05) is 18.7 Å². The highest BCUT2D eigenvalue weighted by molar-refractivity contribution is 5.94. The number of carboxylic acids is 1. The van der Waals surface area contributed by atoms with Gasteiger partial charge >= 0.3 is 5.97 Å². The van der Waals surface area contributed by atoms with Crippen molar-refractivity contribution in [3.05, 3.63) is 29.3 Å². The molecule has 1 atom stereocenters. The highest BCUT2D eigenvalue weighted by Gasteiger charge is 2.22. The number of aryl methyl sites for hydroxylation is 2. The molecule has 0 aliphatic rings. The molecule has 1 unspecified atom stereocenters. The van der Waals surface area contributed by atoms with Crippen LogP contribution in [0.3, 0.4) is 0 Å². The SMILES string of the molecule is Cc1ccc(N(CC(C)C(=O)O)C(=O)CC(C)C)cc1C. The van der Waals surface area contributed by atoms with E-state index in [1.54, 1.807) is 11.8 Å². The molecule has 1 N–H and O–H groups in total. The summed E-state index contributed by atoms with van der Waals surface area (Å²) in [5, 5.41) is 9.10. The summed E-state index contributed by atoms with van der Waals surface area (Å²) in [6, 6.07) is 5.79. The lowest BCUT2D eigenvalue weighted by Gasteiger charge is -2.26. The van der Waals surface area contributed by atoms with Crippen LogP contribution < -0.4 is 4.90 Å². The molecule has 21 heavy (non-hydrogen) atoms. The van der Waals surface area contributed by atoms with Crippen molar-refractivity contribution in [1.29, 1.82) is 0 Å². The van der Waals surface area contributed by atoms with E-state index in [9.17, 15) is 9.59 Å². The molecule has 0 heterocycles. The Bertz CT molecular complexity index is 523. The van der Waals surface area contributed by atoms with Gasteiger partial charge in [0.05, 0.1) is 5.92 Å². The van der Waals surface area contributed by atoms with Gasteiger partial charge in [-0.1, -0.05) is 26.8 Å². The van der Waals surface area contributed by atoms with Crippen LogP contribution in [-0.4, -0.2) is 23.5 Å². The minimum atomic E-state index is -0.888. The Morgan fingerprint density at radius 1 is 1.14 bits per heavy atom. The molecule has 4 nitrogen and oxygen atoms in total. The van der Waals surface area contributed by atoms with Crippen molar-refractivity contribution in [1.82, 2.24) is 0 Å². The first kappa shape index (κ1) is 17.2. The molecule has 1 aromatic carbocycles. The summed E-state index contributed by atoms with van der Waals surface area (Å²) < 4.78 is 0. The lowest BCUT2D eigenvalue weighted by molar-refractivity contribution is -0.140. The molecular weight excluding hydrogens is 266 g/mol. The van der Waals surface area contributed by atoms with Gasteiger partial charge < -0.3 is 10.0 Å². The Morgan fingerprint density at radius 2 is 1.76 bits per heavy atom. The summed E-state index contributed by atoms with van der Waals surface area (Å²) >= 11 is 0. The number of carbonyl (C=O) groups excluding carboxylic acids is 1. The van der Waals surface area contributed by atoms with Crippen LogP contribution in [0.4, 0.5) is 5.69 Å². The first-order valence-electron chi connectivity index (χ1n) is 7.32. The van der Waals surface area contributed by atoms with E-state index in [0.717, 1.165) is 16.8 Å². The number of carboxylic acid groups (broad SMARTS) is 1. The number of anilines is 1. The van der Waals surface area contributed by atoms with Crippen molar-refractivity contribution in [3.63, 3.8) is 0 Å². The fourth-order valence-electron chi connectivity index (χ4n) is 2.06. The highest BCUT2D eigenvalue weighted by Crippen LogP contribution is 2.22. The third kappa shape index (κ3) is 4.88. The van der Waals surface area contributed by atoms with Crippen molar-refractivity contribution in [2.45, 2.75) is 41.0 Å². The molecule has 1 amide bonds. The quantitative estimate of drug-likeness (QED) is 0.874. The molecule has 4 heteroatoms. The van der Waals surface area contributed by atoms with Gasteiger partial charge in [-0.3, -0.25) is 9.59 Å². The van der Waals surface area contributed by atoms with E-state index >= 15 is 0 Å². The number of nitrogens with zero attached hydrogens (tertiary/aromatic N) is 1. The third-order valence-electron chi connectivity index (χ3n) is 3.56. The zero-order valence-electron chi connectivity index (χ0n) is 13.5. The minimum Gasteiger partial charge on any atom is -0.481 e. The molecule has 1 aromatic rings. The second kappa shape index (κ2) is 7.25. The second-order valence-electron chi connectivity index (χ2n) is 6.11. The second-order valence-corrected chi connectivity index (χ2v) is 6.11. The first-order valence-corrected chi connectivity index (χ1v) is 7.32. The summed E-state index contributed by atoms with van der Waals surface area (Å²) in [6.07, 6.45) is 0.416. The molecule has 0 saturated carbocycles. The average molecular weight is 291 g/mol. The van der Waals surface area contributed by atoms with Crippen LogP contribution in [0.5, 0.6) is 0 Å². The van der Waals surface area contributed by atoms with E-state index in [4.69, 9.17) is 5.11 Å². The van der Waals surface area contributed by atoms with Gasteiger partial charge in [0.25, 0.3) is 0 Å². The number of amides is 1. The lowest BCUT2D eigenvalue weighted by Crippen LogP contribution is -2.37. The number of hydrogen-bond acceptors (Lipinski definition) is 2. The smallest absolute Gasteiger partial charge is 0.308 e. The fourth-order valence-corrected chi connectivity index (χ4v) is 2.06. The van der Waals surface area contributed by atoms with Crippen LogP contribution in [0.25, 0.3) is 0 Å². The van der Waals surface area contributed by atoms with E-state index in [0.29, 0.717) is 6.42 Å². The van der Waals surface area contributed by atoms with Gasteiger partial charge in [-0.05, 0) is 43.0 Å². The number of rotatable bonds is 6. The third-order valence-corrected chi connectivity index (χ3v) is 3.56. The zero-order chi connectivity index (χ0) is 16.2. The Hall–Kier alpha value is -1.84. The monoisotopic (exact) mass is 291 g/mol. The van der Waals surface area contributed by atoms with Crippen molar-refractivity contribution >= 4 is 17.6 Å². The van der Waals surface area contributed by atoms with Gasteiger partial charge in [-0.25, -0.2) is 0 Å². The molecule has 0 aliphatic heterocycles. The number of aliphatic carboxylic acids is 1. The summed E-state index contributed by atoms with van der Waals surface area (Å²) in [5.74, 6) is -1.27. The Balaban J connectivity index is 3.07. The van der Waals surface area contributed by atoms with Gasteiger partial charge in [0.15, 0.2) is 0 Å². The maximum atomic E-state index is 12.4. The Labute approximate surface area is 126 Å². The van der Waals surface area contributed by atoms with Crippen LogP contribution in [0.2, 0.25) is 0 Å². The predicted octanol–water partition coefficient (Wildman–Crippen LogP) is 3.40. The molecule has 0 fully saturated rings. The number of carbonyl (C=O) groups is 2. The number of hydrogen-bond donors (Lipinski definition) is 1. The van der Waals surface area contributed by atoms with Crippen LogP contribution in [0.15, 0.2) is 18.2 Å². The fraction of sp³-hybridized carbons (Fsp3) is 0.529. The maximum absolute atomic E-state index is 12.4. The topological polar surface area (TPSA) is 57.6 Å². The van der Waals surface area contributed by atoms with Crippen LogP contribution in [0.1, 0.15) is 38.3 Å². The molecule has 0 saturated heterocycles. The molecular formula is C17H25NO3. The Morgan fingerprint density at radius 3 is 2.24 bits per heavy atom. The molecule has 1 rings (SSSR count). The summed E-state index contributed by atoms with van der Waals surface area (Å²) in [7, 11) is 0. The summed E-state index contributed by atoms with van der Waals surface area (Å²) in [5.41, 5.74) is 3.02. The lowest BCUT2D eigenvalue weighted by atomic mass is 10.1. The predicted molar refractivity (Wildman–Crippen MR) is 84.5 cm³/mol. The van der Waals surface area contributed by atoms with Crippen LogP contribution in [0, 0.1) is 25.7 Å². The highest BCUT2D eigenvalue weighted by atomic mass is 16.4. The Kier molecular flexibility index (Phi) is 5.94. The summed E-state index contributed by atoms with van der Waals surface area (Å²) in [6.45, 7) is 9.79. The maximum Gasteiger partial charge on any atom is 0.308 e. The molecule has 0 radical (unpaired) electrons. The van der Waals surface area contributed by atoms with E-state index < -0.39 is 11.9 Å². The van der Waals surface area contributed by atoms with Gasteiger partial charge in [-0.2, -0.15) is 0 Å². The van der Waals surface area contributed by atoms with Gasteiger partial charge in [0.2, 0.25) is 5.91 Å². The average Bonchev–Trinajstić information content (AvgIpc) is 2.38. The van der Waals surface area contributed by atoms with Crippen molar-refractivity contribution in [2.24, 2.45) is 11.8 Å². The minimum absolute atomic E-state index is 0.0265.